The summed E-state index contributed by atoms with van der Waals surface area (Å²) in [5, 5.41) is 3.18. The van der Waals surface area contributed by atoms with Crippen LogP contribution in [-0.4, -0.2) is 12.1 Å². The van der Waals surface area contributed by atoms with Gasteiger partial charge in [0.25, 0.3) is 0 Å². The Morgan fingerprint density at radius 2 is 1.65 bits per heavy atom. The molecular formula is C13H18F3N. The number of hydrogen-bond acceptors (Lipinski definition) is 1. The number of rotatable bonds is 3. The van der Waals surface area contributed by atoms with Gasteiger partial charge in [-0.05, 0) is 45.4 Å². The van der Waals surface area contributed by atoms with Crippen molar-refractivity contribution in [2.75, 3.05) is 6.54 Å². The van der Waals surface area contributed by atoms with E-state index in [0.717, 1.165) is 6.07 Å². The van der Waals surface area contributed by atoms with Crippen LogP contribution >= 0.6 is 0 Å². The molecule has 0 radical (unpaired) electrons. The van der Waals surface area contributed by atoms with Crippen molar-refractivity contribution in [1.29, 1.82) is 0 Å². The summed E-state index contributed by atoms with van der Waals surface area (Å²) in [5.74, 6) is 0. The van der Waals surface area contributed by atoms with Gasteiger partial charge in [-0.3, -0.25) is 0 Å². The maximum atomic E-state index is 12.7. The normalized spacial score (nSPS) is 12.8. The Morgan fingerprint density at radius 3 is 2.18 bits per heavy atom. The molecule has 0 spiro atoms. The zero-order chi connectivity index (χ0) is 13.1. The van der Waals surface area contributed by atoms with Gasteiger partial charge in [0.1, 0.15) is 0 Å². The van der Waals surface area contributed by atoms with Crippen LogP contribution in [0.4, 0.5) is 13.2 Å². The van der Waals surface area contributed by atoms with E-state index in [9.17, 15) is 13.2 Å². The van der Waals surface area contributed by atoms with Crippen LogP contribution in [0.25, 0.3) is 0 Å². The SMILES string of the molecule is CC(C)(C)NCCc1ccccc1C(F)(F)F. The number of nitrogens with one attached hydrogen (secondary N) is 1. The maximum absolute atomic E-state index is 12.7. The summed E-state index contributed by atoms with van der Waals surface area (Å²) >= 11 is 0. The first-order valence-electron chi connectivity index (χ1n) is 5.60. The first kappa shape index (κ1) is 14.0. The second-order valence-electron chi connectivity index (χ2n) is 5.08. The van der Waals surface area contributed by atoms with Crippen molar-refractivity contribution in [3.8, 4) is 0 Å². The van der Waals surface area contributed by atoms with Crippen molar-refractivity contribution >= 4 is 0 Å². The molecule has 1 aromatic rings. The van der Waals surface area contributed by atoms with Crippen LogP contribution in [0.2, 0.25) is 0 Å². The highest BCUT2D eigenvalue weighted by Gasteiger charge is 2.32. The lowest BCUT2D eigenvalue weighted by molar-refractivity contribution is -0.138. The summed E-state index contributed by atoms with van der Waals surface area (Å²) in [6.07, 6.45) is -3.88. The minimum atomic E-state index is -4.27. The Labute approximate surface area is 100 Å². The molecule has 1 N–H and O–H groups in total. The Bertz CT molecular complexity index is 364. The molecule has 0 aliphatic heterocycles. The van der Waals surface area contributed by atoms with Crippen molar-refractivity contribution in [2.45, 2.75) is 38.9 Å². The molecular weight excluding hydrogens is 227 g/mol. The molecule has 1 nitrogen and oxygen atoms in total. The molecule has 0 atom stereocenters. The number of alkyl halides is 3. The first-order chi connectivity index (χ1) is 7.70. The molecule has 0 saturated carbocycles. The van der Waals surface area contributed by atoms with Gasteiger partial charge < -0.3 is 5.32 Å². The summed E-state index contributed by atoms with van der Waals surface area (Å²) < 4.78 is 38.1. The number of benzene rings is 1. The van der Waals surface area contributed by atoms with Gasteiger partial charge in [0.05, 0.1) is 5.56 Å². The van der Waals surface area contributed by atoms with E-state index in [1.165, 1.54) is 12.1 Å². The number of hydrogen-bond donors (Lipinski definition) is 1. The van der Waals surface area contributed by atoms with Crippen LogP contribution in [-0.2, 0) is 12.6 Å². The van der Waals surface area contributed by atoms with Gasteiger partial charge in [-0.2, -0.15) is 13.2 Å². The molecule has 17 heavy (non-hydrogen) atoms. The van der Waals surface area contributed by atoms with E-state index in [-0.39, 0.29) is 5.54 Å². The molecule has 0 saturated heterocycles. The predicted molar refractivity (Wildman–Crippen MR) is 62.9 cm³/mol. The fourth-order valence-corrected chi connectivity index (χ4v) is 1.59. The highest BCUT2D eigenvalue weighted by molar-refractivity contribution is 5.29. The van der Waals surface area contributed by atoms with Crippen molar-refractivity contribution < 1.29 is 13.2 Å². The van der Waals surface area contributed by atoms with E-state index < -0.39 is 11.7 Å². The Balaban J connectivity index is 2.72. The average Bonchev–Trinajstić information content (AvgIpc) is 2.15. The summed E-state index contributed by atoms with van der Waals surface area (Å²) in [7, 11) is 0. The predicted octanol–water partition coefficient (Wildman–Crippen LogP) is 3.64. The lowest BCUT2D eigenvalue weighted by atomic mass is 10.0. The van der Waals surface area contributed by atoms with Crippen LogP contribution in [0.3, 0.4) is 0 Å². The highest BCUT2D eigenvalue weighted by atomic mass is 19.4. The average molecular weight is 245 g/mol. The lowest BCUT2D eigenvalue weighted by Gasteiger charge is -2.21. The first-order valence-corrected chi connectivity index (χ1v) is 5.60. The van der Waals surface area contributed by atoms with E-state index in [1.807, 2.05) is 20.8 Å². The smallest absolute Gasteiger partial charge is 0.312 e. The van der Waals surface area contributed by atoms with Crippen LogP contribution in [0.5, 0.6) is 0 Å². The van der Waals surface area contributed by atoms with Crippen LogP contribution in [0.15, 0.2) is 24.3 Å². The minimum absolute atomic E-state index is 0.0762. The fraction of sp³-hybridized carbons (Fsp3) is 0.538. The Kier molecular flexibility index (Phi) is 4.20. The molecule has 1 aromatic carbocycles. The zero-order valence-corrected chi connectivity index (χ0v) is 10.4. The van der Waals surface area contributed by atoms with E-state index in [1.54, 1.807) is 6.07 Å². The zero-order valence-electron chi connectivity index (χ0n) is 10.4. The van der Waals surface area contributed by atoms with Crippen molar-refractivity contribution in [3.63, 3.8) is 0 Å². The molecule has 0 unspecified atom stereocenters. The third-order valence-corrected chi connectivity index (χ3v) is 2.37. The quantitative estimate of drug-likeness (QED) is 0.857. The van der Waals surface area contributed by atoms with Gasteiger partial charge in [0, 0.05) is 5.54 Å². The second-order valence-corrected chi connectivity index (χ2v) is 5.08. The van der Waals surface area contributed by atoms with Gasteiger partial charge >= 0.3 is 6.18 Å². The monoisotopic (exact) mass is 245 g/mol. The Morgan fingerprint density at radius 1 is 1.06 bits per heavy atom. The molecule has 0 amide bonds. The topological polar surface area (TPSA) is 12.0 Å². The standard InChI is InChI=1S/C13H18F3N/c1-12(2,3)17-9-8-10-6-4-5-7-11(10)13(14,15)16/h4-7,17H,8-9H2,1-3H3. The van der Waals surface area contributed by atoms with Crippen molar-refractivity contribution in [1.82, 2.24) is 5.32 Å². The molecule has 0 aromatic heterocycles. The van der Waals surface area contributed by atoms with Gasteiger partial charge in [0.15, 0.2) is 0 Å². The molecule has 0 aliphatic rings. The van der Waals surface area contributed by atoms with Crippen LogP contribution < -0.4 is 5.32 Å². The highest BCUT2D eigenvalue weighted by Crippen LogP contribution is 2.31. The molecule has 0 fully saturated rings. The lowest BCUT2D eigenvalue weighted by Crippen LogP contribution is -2.37. The van der Waals surface area contributed by atoms with Crippen molar-refractivity contribution in [2.24, 2.45) is 0 Å². The largest absolute Gasteiger partial charge is 0.416 e. The van der Waals surface area contributed by atoms with E-state index in [2.05, 4.69) is 5.32 Å². The molecule has 96 valence electrons. The van der Waals surface area contributed by atoms with Crippen LogP contribution in [0, 0.1) is 0 Å². The Hall–Kier alpha value is -1.03. The van der Waals surface area contributed by atoms with E-state index in [0.29, 0.717) is 18.5 Å². The molecule has 0 heterocycles. The minimum Gasteiger partial charge on any atom is -0.312 e. The summed E-state index contributed by atoms with van der Waals surface area (Å²) in [4.78, 5) is 0. The molecule has 4 heteroatoms. The molecule has 0 bridgehead atoms. The summed E-state index contributed by atoms with van der Waals surface area (Å²) in [6, 6.07) is 5.73. The van der Waals surface area contributed by atoms with Crippen molar-refractivity contribution in [3.05, 3.63) is 35.4 Å². The van der Waals surface area contributed by atoms with Gasteiger partial charge in [-0.25, -0.2) is 0 Å². The van der Waals surface area contributed by atoms with Gasteiger partial charge in [0.2, 0.25) is 0 Å². The summed E-state index contributed by atoms with van der Waals surface area (Å²) in [5.41, 5.74) is -0.264. The van der Waals surface area contributed by atoms with Crippen LogP contribution in [0.1, 0.15) is 31.9 Å². The molecule has 0 aliphatic carbocycles. The van der Waals surface area contributed by atoms with Gasteiger partial charge in [-0.15, -0.1) is 0 Å². The fourth-order valence-electron chi connectivity index (χ4n) is 1.59. The third kappa shape index (κ3) is 4.77. The molecule has 1 rings (SSSR count). The maximum Gasteiger partial charge on any atom is 0.416 e. The second kappa shape index (κ2) is 5.08. The third-order valence-electron chi connectivity index (χ3n) is 2.37. The van der Waals surface area contributed by atoms with E-state index >= 15 is 0 Å². The van der Waals surface area contributed by atoms with Gasteiger partial charge in [-0.1, -0.05) is 18.2 Å². The number of halogens is 3. The summed E-state index contributed by atoms with van der Waals surface area (Å²) in [6.45, 7) is 6.50. The van der Waals surface area contributed by atoms with E-state index in [4.69, 9.17) is 0 Å².